The van der Waals surface area contributed by atoms with Crippen molar-refractivity contribution in [2.24, 2.45) is 0 Å². The van der Waals surface area contributed by atoms with Crippen molar-refractivity contribution in [2.45, 2.75) is 50.2 Å². The largest absolute Gasteiger partial charge is 0.493 e. The van der Waals surface area contributed by atoms with Crippen molar-refractivity contribution in [3.8, 4) is 11.5 Å². The van der Waals surface area contributed by atoms with Gasteiger partial charge in [-0.05, 0) is 54.7 Å². The maximum absolute atomic E-state index is 12.8. The summed E-state index contributed by atoms with van der Waals surface area (Å²) in [5, 5.41) is 0. The van der Waals surface area contributed by atoms with Gasteiger partial charge in [0.15, 0.2) is 11.5 Å². The molecular weight excluding hydrogens is 466 g/mol. The molecular formula is C24H30F2N2O5S. The van der Waals surface area contributed by atoms with Gasteiger partial charge in [-0.25, -0.2) is 8.42 Å². The molecule has 0 aromatic heterocycles. The summed E-state index contributed by atoms with van der Waals surface area (Å²) in [5.74, 6) is -0.00360. The molecule has 7 nitrogen and oxygen atoms in total. The zero-order chi connectivity index (χ0) is 24.7. The Balaban J connectivity index is 1.55. The van der Waals surface area contributed by atoms with Crippen LogP contribution >= 0.6 is 0 Å². The van der Waals surface area contributed by atoms with E-state index in [0.717, 1.165) is 24.8 Å². The van der Waals surface area contributed by atoms with Crippen LogP contribution in [0.5, 0.6) is 11.5 Å². The van der Waals surface area contributed by atoms with E-state index in [1.54, 1.807) is 43.4 Å². The van der Waals surface area contributed by atoms with E-state index in [0.29, 0.717) is 25.1 Å². The van der Waals surface area contributed by atoms with Crippen LogP contribution in [-0.2, 0) is 27.8 Å². The summed E-state index contributed by atoms with van der Waals surface area (Å²) < 4.78 is 61.5. The number of sulfonamides is 1. The molecule has 2 aromatic rings. The first kappa shape index (κ1) is 25.9. The Kier molecular flexibility index (Phi) is 8.84. The number of piperidine rings is 1. The van der Waals surface area contributed by atoms with Crippen LogP contribution < -0.4 is 9.47 Å². The van der Waals surface area contributed by atoms with Crippen LogP contribution in [0.4, 0.5) is 8.78 Å². The number of alkyl halides is 2. The lowest BCUT2D eigenvalue weighted by Crippen LogP contribution is -2.35. The summed E-state index contributed by atoms with van der Waals surface area (Å²) in [5.41, 5.74) is 1.58. The maximum atomic E-state index is 12.8. The fourth-order valence-corrected chi connectivity index (χ4v) is 5.41. The van der Waals surface area contributed by atoms with Gasteiger partial charge in [0.05, 0.1) is 12.0 Å². The summed E-state index contributed by atoms with van der Waals surface area (Å²) in [6.07, 6.45) is 3.54. The minimum atomic E-state index is -3.48. The second-order valence-electron chi connectivity index (χ2n) is 8.22. The Morgan fingerprint density at radius 3 is 2.29 bits per heavy atom. The van der Waals surface area contributed by atoms with E-state index in [1.807, 2.05) is 0 Å². The maximum Gasteiger partial charge on any atom is 0.387 e. The number of hydrogen-bond acceptors (Lipinski definition) is 5. The average Bonchev–Trinajstić information content (AvgIpc) is 2.83. The van der Waals surface area contributed by atoms with Gasteiger partial charge < -0.3 is 14.4 Å². The normalized spacial score (nSPS) is 14.7. The molecule has 0 saturated carbocycles. The van der Waals surface area contributed by atoms with Gasteiger partial charge in [-0.3, -0.25) is 4.79 Å². The van der Waals surface area contributed by atoms with Crippen LogP contribution in [0.25, 0.3) is 0 Å². The molecule has 0 N–H and O–H groups in total. The molecule has 0 spiro atoms. The van der Waals surface area contributed by atoms with Crippen LogP contribution in [0.1, 0.15) is 36.8 Å². The van der Waals surface area contributed by atoms with Crippen LogP contribution in [-0.4, -0.2) is 57.4 Å². The first-order valence-electron chi connectivity index (χ1n) is 11.2. The van der Waals surface area contributed by atoms with Gasteiger partial charge in [0.25, 0.3) is 0 Å². The van der Waals surface area contributed by atoms with Crippen molar-refractivity contribution in [3.63, 3.8) is 0 Å². The molecule has 2 aromatic carbocycles. The fourth-order valence-electron chi connectivity index (χ4n) is 3.89. The lowest BCUT2D eigenvalue weighted by Gasteiger charge is -2.25. The molecule has 0 unspecified atom stereocenters. The SMILES string of the molecule is COc1cc(CN(C)C(=O)CCc2ccc(S(=O)(=O)N3CCCCC3)cc2)ccc1OC(F)F. The third-order valence-electron chi connectivity index (χ3n) is 5.79. The Hall–Kier alpha value is -2.72. The summed E-state index contributed by atoms with van der Waals surface area (Å²) in [6.45, 7) is -1.57. The minimum Gasteiger partial charge on any atom is -0.493 e. The number of amides is 1. The summed E-state index contributed by atoms with van der Waals surface area (Å²) in [6, 6.07) is 11.2. The van der Waals surface area contributed by atoms with Gasteiger partial charge in [0.1, 0.15) is 0 Å². The first-order valence-corrected chi connectivity index (χ1v) is 12.6. The molecule has 1 heterocycles. The predicted molar refractivity (Wildman–Crippen MR) is 123 cm³/mol. The summed E-state index contributed by atoms with van der Waals surface area (Å²) in [4.78, 5) is 14.4. The lowest BCUT2D eigenvalue weighted by molar-refractivity contribution is -0.130. The molecule has 1 saturated heterocycles. The molecule has 1 aliphatic heterocycles. The first-order chi connectivity index (χ1) is 16.2. The average molecular weight is 497 g/mol. The van der Waals surface area contributed by atoms with Crippen molar-refractivity contribution in [2.75, 3.05) is 27.2 Å². The van der Waals surface area contributed by atoms with Crippen LogP contribution in [0.2, 0.25) is 0 Å². The number of benzene rings is 2. The van der Waals surface area contributed by atoms with Gasteiger partial charge in [0.2, 0.25) is 15.9 Å². The monoisotopic (exact) mass is 496 g/mol. The highest BCUT2D eigenvalue weighted by molar-refractivity contribution is 7.89. The third kappa shape index (κ3) is 6.66. The smallest absolute Gasteiger partial charge is 0.387 e. The number of carbonyl (C=O) groups excluding carboxylic acids is 1. The van der Waals surface area contributed by atoms with E-state index < -0.39 is 16.6 Å². The molecule has 0 aliphatic carbocycles. The predicted octanol–water partition coefficient (Wildman–Crippen LogP) is 4.06. The van der Waals surface area contributed by atoms with Crippen molar-refractivity contribution in [1.29, 1.82) is 0 Å². The number of methoxy groups -OCH3 is 1. The molecule has 186 valence electrons. The number of ether oxygens (including phenoxy) is 2. The van der Waals surface area contributed by atoms with E-state index in [1.165, 1.54) is 22.4 Å². The van der Waals surface area contributed by atoms with Gasteiger partial charge in [0, 0.05) is 33.1 Å². The Labute approximate surface area is 199 Å². The van der Waals surface area contributed by atoms with E-state index in [4.69, 9.17) is 4.74 Å². The quantitative estimate of drug-likeness (QED) is 0.496. The van der Waals surface area contributed by atoms with E-state index in [9.17, 15) is 22.0 Å². The molecule has 10 heteroatoms. The molecule has 34 heavy (non-hydrogen) atoms. The van der Waals surface area contributed by atoms with E-state index in [-0.39, 0.29) is 35.3 Å². The summed E-state index contributed by atoms with van der Waals surface area (Å²) >= 11 is 0. The number of hydrogen-bond donors (Lipinski definition) is 0. The zero-order valence-corrected chi connectivity index (χ0v) is 20.2. The van der Waals surface area contributed by atoms with Gasteiger partial charge in [-0.15, -0.1) is 0 Å². The highest BCUT2D eigenvalue weighted by atomic mass is 32.2. The number of rotatable bonds is 10. The van der Waals surface area contributed by atoms with Crippen molar-refractivity contribution in [3.05, 3.63) is 53.6 Å². The topological polar surface area (TPSA) is 76.2 Å². The Morgan fingerprint density at radius 2 is 1.68 bits per heavy atom. The van der Waals surface area contributed by atoms with Gasteiger partial charge in [-0.2, -0.15) is 13.1 Å². The molecule has 1 aliphatic rings. The van der Waals surface area contributed by atoms with Crippen molar-refractivity contribution < 1.29 is 31.5 Å². The fraction of sp³-hybridized carbons (Fsp3) is 0.458. The van der Waals surface area contributed by atoms with E-state index in [2.05, 4.69) is 4.74 Å². The second kappa shape index (κ2) is 11.6. The van der Waals surface area contributed by atoms with Crippen molar-refractivity contribution in [1.82, 2.24) is 9.21 Å². The minimum absolute atomic E-state index is 0.0685. The molecule has 0 atom stereocenters. The molecule has 1 fully saturated rings. The van der Waals surface area contributed by atoms with Crippen LogP contribution in [0.3, 0.4) is 0 Å². The number of aryl methyl sites for hydroxylation is 1. The van der Waals surface area contributed by atoms with Crippen LogP contribution in [0, 0.1) is 0 Å². The summed E-state index contributed by atoms with van der Waals surface area (Å²) in [7, 11) is -0.460. The highest BCUT2D eigenvalue weighted by Gasteiger charge is 2.25. The Bertz CT molecular complexity index is 1070. The van der Waals surface area contributed by atoms with Gasteiger partial charge in [-0.1, -0.05) is 24.6 Å². The molecule has 0 bridgehead atoms. The van der Waals surface area contributed by atoms with Crippen molar-refractivity contribution >= 4 is 15.9 Å². The number of carbonyl (C=O) groups is 1. The van der Waals surface area contributed by atoms with E-state index >= 15 is 0 Å². The second-order valence-corrected chi connectivity index (χ2v) is 10.2. The molecule has 3 rings (SSSR count). The third-order valence-corrected chi connectivity index (χ3v) is 7.71. The Morgan fingerprint density at radius 1 is 1.03 bits per heavy atom. The molecule has 1 amide bonds. The van der Waals surface area contributed by atoms with Crippen LogP contribution in [0.15, 0.2) is 47.4 Å². The lowest BCUT2D eigenvalue weighted by atomic mass is 10.1. The highest BCUT2D eigenvalue weighted by Crippen LogP contribution is 2.30. The zero-order valence-electron chi connectivity index (χ0n) is 19.4. The number of nitrogens with zero attached hydrogens (tertiary/aromatic N) is 2. The number of halogens is 2. The molecule has 0 radical (unpaired) electrons. The van der Waals surface area contributed by atoms with Gasteiger partial charge >= 0.3 is 6.61 Å². The standard InChI is InChI=1S/C24H30F2N2O5S/c1-27(17-19-8-12-21(33-24(25)26)22(16-19)32-2)23(29)13-9-18-6-10-20(11-7-18)34(30,31)28-14-4-3-5-15-28/h6-8,10-12,16,24H,3-5,9,13-15,17H2,1-2H3.